The number of pyridine rings is 1. The van der Waals surface area contributed by atoms with E-state index < -0.39 is 17.3 Å². The van der Waals surface area contributed by atoms with E-state index in [2.05, 4.69) is 15.4 Å². The van der Waals surface area contributed by atoms with Gasteiger partial charge in [0.05, 0.1) is 29.2 Å². The van der Waals surface area contributed by atoms with E-state index in [0.717, 1.165) is 12.8 Å². The molecule has 1 N–H and O–H groups in total. The first-order valence-corrected chi connectivity index (χ1v) is 9.57. The van der Waals surface area contributed by atoms with Crippen LogP contribution in [0.3, 0.4) is 0 Å². The average molecular weight is 431 g/mol. The molecule has 1 amide bonds. The second-order valence-electron chi connectivity index (χ2n) is 7.34. The van der Waals surface area contributed by atoms with Crippen LogP contribution in [0.15, 0.2) is 24.3 Å². The zero-order valence-corrected chi connectivity index (χ0v) is 16.8. The normalized spacial score (nSPS) is 13.6. The number of benzene rings is 1. The summed E-state index contributed by atoms with van der Waals surface area (Å²) in [7, 11) is 1.37. The molecule has 0 spiro atoms. The molecule has 3 aromatic rings. The quantitative estimate of drug-likeness (QED) is 0.445. The number of anilines is 1. The number of nitro benzene ring substituents is 1. The number of methoxy groups -OCH3 is 1. The zero-order valence-electron chi connectivity index (χ0n) is 16.8. The average Bonchev–Trinajstić information content (AvgIpc) is 3.53. The number of alkyl halides is 2. The van der Waals surface area contributed by atoms with Crippen molar-refractivity contribution in [3.8, 4) is 5.75 Å². The third-order valence-corrected chi connectivity index (χ3v) is 5.13. The van der Waals surface area contributed by atoms with Crippen LogP contribution >= 0.6 is 0 Å². The lowest BCUT2D eigenvalue weighted by Gasteiger charge is -2.09. The highest BCUT2D eigenvalue weighted by atomic mass is 19.3. The van der Waals surface area contributed by atoms with Crippen molar-refractivity contribution < 1.29 is 23.2 Å². The van der Waals surface area contributed by atoms with E-state index in [0.29, 0.717) is 11.4 Å². The number of hydrogen-bond donors (Lipinski definition) is 1. The van der Waals surface area contributed by atoms with Crippen LogP contribution in [0.2, 0.25) is 0 Å². The van der Waals surface area contributed by atoms with Crippen LogP contribution in [0.5, 0.6) is 5.75 Å². The Morgan fingerprint density at radius 3 is 2.74 bits per heavy atom. The maximum atomic E-state index is 13.7. The summed E-state index contributed by atoms with van der Waals surface area (Å²) in [4.78, 5) is 27.8. The number of aromatic nitrogens is 3. The number of carbonyl (C=O) groups excluding carboxylic acids is 1. The van der Waals surface area contributed by atoms with Crippen LogP contribution in [0.25, 0.3) is 11.0 Å². The molecule has 0 radical (unpaired) electrons. The Morgan fingerprint density at radius 1 is 1.39 bits per heavy atom. The predicted octanol–water partition coefficient (Wildman–Crippen LogP) is 4.11. The Bertz CT molecular complexity index is 1190. The minimum atomic E-state index is -2.70. The first-order valence-electron chi connectivity index (χ1n) is 9.57. The summed E-state index contributed by atoms with van der Waals surface area (Å²) in [5.41, 5.74) is 0.615. The molecule has 0 saturated heterocycles. The molecule has 1 saturated carbocycles. The molecule has 2 heterocycles. The SMILES string of the molecule is COc1ccc(NC(=O)Cn2nc(C)c3c(C(F)F)cc(C4CC4)nc32)c([N+](=O)[O-])c1. The van der Waals surface area contributed by atoms with Gasteiger partial charge in [0, 0.05) is 17.2 Å². The Labute approximate surface area is 175 Å². The lowest BCUT2D eigenvalue weighted by atomic mass is 10.1. The number of nitrogens with zero attached hydrogens (tertiary/aromatic N) is 4. The lowest BCUT2D eigenvalue weighted by Crippen LogP contribution is -2.20. The number of nitrogens with one attached hydrogen (secondary N) is 1. The molecular formula is C20H19F2N5O4. The fraction of sp³-hybridized carbons (Fsp3) is 0.350. The van der Waals surface area contributed by atoms with Crippen LogP contribution in [0.4, 0.5) is 20.2 Å². The van der Waals surface area contributed by atoms with Crippen molar-refractivity contribution in [3.05, 3.63) is 51.3 Å². The molecule has 9 nitrogen and oxygen atoms in total. The maximum absolute atomic E-state index is 13.7. The van der Waals surface area contributed by atoms with Crippen molar-refractivity contribution in [2.75, 3.05) is 12.4 Å². The van der Waals surface area contributed by atoms with Gasteiger partial charge in [-0.05, 0) is 38.0 Å². The van der Waals surface area contributed by atoms with Gasteiger partial charge < -0.3 is 10.1 Å². The van der Waals surface area contributed by atoms with Gasteiger partial charge in [-0.3, -0.25) is 14.9 Å². The summed E-state index contributed by atoms with van der Waals surface area (Å²) in [6, 6.07) is 5.46. The van der Waals surface area contributed by atoms with Crippen molar-refractivity contribution in [1.29, 1.82) is 0 Å². The summed E-state index contributed by atoms with van der Waals surface area (Å²) in [6.45, 7) is 1.24. The number of halogens is 2. The number of aryl methyl sites for hydroxylation is 1. The molecule has 2 aromatic heterocycles. The van der Waals surface area contributed by atoms with Gasteiger partial charge in [-0.1, -0.05) is 0 Å². The molecule has 11 heteroatoms. The van der Waals surface area contributed by atoms with Crippen molar-refractivity contribution in [3.63, 3.8) is 0 Å². The fourth-order valence-electron chi connectivity index (χ4n) is 3.50. The van der Waals surface area contributed by atoms with E-state index in [1.165, 1.54) is 36.1 Å². The predicted molar refractivity (Wildman–Crippen MR) is 107 cm³/mol. The molecule has 31 heavy (non-hydrogen) atoms. The molecule has 0 atom stereocenters. The molecule has 162 valence electrons. The lowest BCUT2D eigenvalue weighted by molar-refractivity contribution is -0.384. The Hall–Kier alpha value is -3.63. The van der Waals surface area contributed by atoms with E-state index in [1.807, 2.05) is 0 Å². The highest BCUT2D eigenvalue weighted by Gasteiger charge is 2.29. The van der Waals surface area contributed by atoms with Crippen LogP contribution in [-0.2, 0) is 11.3 Å². The Balaban J connectivity index is 1.66. The summed E-state index contributed by atoms with van der Waals surface area (Å²) in [6.07, 6.45) is -0.929. The van der Waals surface area contributed by atoms with Gasteiger partial charge in [-0.25, -0.2) is 18.4 Å². The van der Waals surface area contributed by atoms with Gasteiger partial charge in [0.15, 0.2) is 5.65 Å². The largest absolute Gasteiger partial charge is 0.496 e. The van der Waals surface area contributed by atoms with E-state index in [-0.39, 0.29) is 46.2 Å². The molecule has 1 fully saturated rings. The van der Waals surface area contributed by atoms with E-state index in [9.17, 15) is 23.7 Å². The molecule has 0 aliphatic heterocycles. The summed E-state index contributed by atoms with van der Waals surface area (Å²) < 4.78 is 33.6. The summed E-state index contributed by atoms with van der Waals surface area (Å²) in [5, 5.41) is 18.2. The minimum absolute atomic E-state index is 0.0103. The van der Waals surface area contributed by atoms with Gasteiger partial charge >= 0.3 is 0 Å². The van der Waals surface area contributed by atoms with Crippen LogP contribution in [0.1, 0.15) is 42.1 Å². The zero-order chi connectivity index (χ0) is 22.3. The monoisotopic (exact) mass is 431 g/mol. The Morgan fingerprint density at radius 2 is 2.13 bits per heavy atom. The van der Waals surface area contributed by atoms with E-state index >= 15 is 0 Å². The highest BCUT2D eigenvalue weighted by Crippen LogP contribution is 2.42. The van der Waals surface area contributed by atoms with Crippen LogP contribution in [0, 0.1) is 17.0 Å². The van der Waals surface area contributed by atoms with Crippen molar-refractivity contribution in [2.24, 2.45) is 0 Å². The number of amides is 1. The number of hydrogen-bond acceptors (Lipinski definition) is 6. The molecule has 0 unspecified atom stereocenters. The minimum Gasteiger partial charge on any atom is -0.496 e. The first-order chi connectivity index (χ1) is 14.8. The van der Waals surface area contributed by atoms with Gasteiger partial charge in [-0.15, -0.1) is 0 Å². The number of fused-ring (bicyclic) bond motifs is 1. The number of ether oxygens (including phenoxy) is 1. The van der Waals surface area contributed by atoms with E-state index in [4.69, 9.17) is 4.74 Å². The molecule has 1 aliphatic rings. The summed E-state index contributed by atoms with van der Waals surface area (Å²) >= 11 is 0. The fourth-order valence-corrected chi connectivity index (χ4v) is 3.50. The highest BCUT2D eigenvalue weighted by molar-refractivity contribution is 5.94. The molecular weight excluding hydrogens is 412 g/mol. The van der Waals surface area contributed by atoms with Crippen molar-refractivity contribution in [1.82, 2.24) is 14.8 Å². The first kappa shape index (κ1) is 20.6. The van der Waals surface area contributed by atoms with Gasteiger partial charge in [-0.2, -0.15) is 5.10 Å². The molecule has 1 aliphatic carbocycles. The van der Waals surface area contributed by atoms with Gasteiger partial charge in [0.25, 0.3) is 12.1 Å². The smallest absolute Gasteiger partial charge is 0.296 e. The molecule has 4 rings (SSSR count). The number of carbonyl (C=O) groups is 1. The number of rotatable bonds is 7. The maximum Gasteiger partial charge on any atom is 0.296 e. The molecule has 1 aromatic carbocycles. The third-order valence-electron chi connectivity index (χ3n) is 5.13. The topological polar surface area (TPSA) is 112 Å². The van der Waals surface area contributed by atoms with E-state index in [1.54, 1.807) is 6.92 Å². The van der Waals surface area contributed by atoms with Gasteiger partial charge in [0.2, 0.25) is 5.91 Å². The van der Waals surface area contributed by atoms with Crippen molar-refractivity contribution >= 4 is 28.3 Å². The van der Waals surface area contributed by atoms with Crippen molar-refractivity contribution in [2.45, 2.75) is 38.7 Å². The third kappa shape index (κ3) is 4.03. The second kappa shape index (κ2) is 7.89. The second-order valence-corrected chi connectivity index (χ2v) is 7.34. The Kier molecular flexibility index (Phi) is 5.25. The molecule has 0 bridgehead atoms. The standard InChI is InChI=1S/C20H19F2N5O4/c1-10-18-13(19(21)22)8-15(11-3-4-11)24-20(18)26(25-10)9-17(28)23-14-6-5-12(31-2)7-16(14)27(29)30/h5-8,11,19H,3-4,9H2,1-2H3,(H,23,28). The summed E-state index contributed by atoms with van der Waals surface area (Å²) in [5.74, 6) is -0.189. The van der Waals surface area contributed by atoms with Crippen LogP contribution in [-0.4, -0.2) is 32.7 Å². The van der Waals surface area contributed by atoms with Gasteiger partial charge in [0.1, 0.15) is 18.0 Å². The number of nitro groups is 1. The van der Waals surface area contributed by atoms with Crippen LogP contribution < -0.4 is 10.1 Å².